The molecule has 2 aromatic rings. The molecule has 0 radical (unpaired) electrons. The van der Waals surface area contributed by atoms with Crippen LogP contribution in [0.1, 0.15) is 11.1 Å². The topological polar surface area (TPSA) is 66.4 Å². The molecule has 0 bridgehead atoms. The Bertz CT molecular complexity index is 757. The molecule has 2 aromatic carbocycles. The smallest absolute Gasteiger partial charge is 0.262 e. The molecule has 0 aromatic heterocycles. The largest absolute Gasteiger partial charge is 0.505 e. The molecule has 0 aliphatic carbocycles. The molecule has 0 aliphatic heterocycles. The molecule has 2 N–H and O–H groups in total. The third kappa shape index (κ3) is 2.96. The van der Waals surface area contributed by atoms with Gasteiger partial charge in [-0.3, -0.25) is 4.72 Å². The third-order valence-electron chi connectivity index (χ3n) is 2.85. The van der Waals surface area contributed by atoms with E-state index >= 15 is 0 Å². The van der Waals surface area contributed by atoms with Gasteiger partial charge in [-0.2, -0.15) is 0 Å². The highest BCUT2D eigenvalue weighted by Gasteiger charge is 2.18. The van der Waals surface area contributed by atoms with Crippen molar-refractivity contribution in [2.24, 2.45) is 0 Å². The molecule has 0 spiro atoms. The Morgan fingerprint density at radius 1 is 1.15 bits per heavy atom. The zero-order valence-corrected chi connectivity index (χ0v) is 13.4. The summed E-state index contributed by atoms with van der Waals surface area (Å²) in [6.45, 7) is 3.64. The Hall–Kier alpha value is -1.53. The lowest BCUT2D eigenvalue weighted by molar-refractivity contribution is 0.474. The van der Waals surface area contributed by atoms with Gasteiger partial charge in [0, 0.05) is 0 Å². The van der Waals surface area contributed by atoms with Crippen molar-refractivity contribution in [3.05, 3.63) is 52.0 Å². The zero-order valence-electron chi connectivity index (χ0n) is 11.0. The summed E-state index contributed by atoms with van der Waals surface area (Å²) in [5.41, 5.74) is 1.79. The van der Waals surface area contributed by atoms with Gasteiger partial charge in [0.1, 0.15) is 0 Å². The Kier molecular flexibility index (Phi) is 4.06. The standard InChI is InChI=1S/C14H14BrNO3S/c1-9-6-7-13(10(2)8-9)20(18,19)16-12-5-3-4-11(15)14(12)17/h3-8,16-17H,1-2H3. The van der Waals surface area contributed by atoms with Crippen LogP contribution in [0.3, 0.4) is 0 Å². The van der Waals surface area contributed by atoms with Crippen molar-refractivity contribution in [2.75, 3.05) is 4.72 Å². The van der Waals surface area contributed by atoms with Crippen LogP contribution < -0.4 is 4.72 Å². The lowest BCUT2D eigenvalue weighted by Gasteiger charge is -2.12. The fourth-order valence-electron chi connectivity index (χ4n) is 1.90. The van der Waals surface area contributed by atoms with Crippen LogP contribution in [0.15, 0.2) is 45.8 Å². The van der Waals surface area contributed by atoms with Gasteiger partial charge in [0.2, 0.25) is 0 Å². The molecule has 20 heavy (non-hydrogen) atoms. The number of aromatic hydroxyl groups is 1. The highest BCUT2D eigenvalue weighted by atomic mass is 79.9. The van der Waals surface area contributed by atoms with Crippen LogP contribution in [-0.2, 0) is 10.0 Å². The number of para-hydroxylation sites is 1. The maximum atomic E-state index is 12.4. The molecule has 0 aliphatic rings. The molecular weight excluding hydrogens is 342 g/mol. The molecule has 4 nitrogen and oxygen atoms in total. The molecule has 0 unspecified atom stereocenters. The van der Waals surface area contributed by atoms with Crippen LogP contribution in [0.2, 0.25) is 0 Å². The summed E-state index contributed by atoms with van der Waals surface area (Å²) >= 11 is 3.15. The Morgan fingerprint density at radius 3 is 2.50 bits per heavy atom. The summed E-state index contributed by atoms with van der Waals surface area (Å²) in [7, 11) is -3.73. The number of phenolic OH excluding ortho intramolecular Hbond substituents is 1. The molecule has 0 heterocycles. The first-order valence-electron chi connectivity index (χ1n) is 5.89. The summed E-state index contributed by atoms with van der Waals surface area (Å²) in [5, 5.41) is 9.85. The van der Waals surface area contributed by atoms with Crippen molar-refractivity contribution in [1.82, 2.24) is 0 Å². The van der Waals surface area contributed by atoms with Crippen LogP contribution in [0.4, 0.5) is 5.69 Å². The molecule has 0 saturated heterocycles. The second-order valence-corrected chi connectivity index (χ2v) is 7.02. The summed E-state index contributed by atoms with van der Waals surface area (Å²) in [5.74, 6) is -0.138. The van der Waals surface area contributed by atoms with Gasteiger partial charge in [0.25, 0.3) is 10.0 Å². The first-order valence-corrected chi connectivity index (χ1v) is 8.16. The average molecular weight is 356 g/mol. The van der Waals surface area contributed by atoms with Crippen LogP contribution >= 0.6 is 15.9 Å². The first-order chi connectivity index (χ1) is 9.31. The van der Waals surface area contributed by atoms with Gasteiger partial charge >= 0.3 is 0 Å². The number of nitrogens with one attached hydrogen (secondary N) is 1. The van der Waals surface area contributed by atoms with Gasteiger partial charge in [0.05, 0.1) is 15.1 Å². The Morgan fingerprint density at radius 2 is 1.85 bits per heavy atom. The molecule has 2 rings (SSSR count). The summed E-state index contributed by atoms with van der Waals surface area (Å²) in [4.78, 5) is 0.197. The SMILES string of the molecule is Cc1ccc(S(=O)(=O)Nc2cccc(Br)c2O)c(C)c1. The van der Waals surface area contributed by atoms with E-state index in [4.69, 9.17) is 0 Å². The van der Waals surface area contributed by atoms with E-state index in [0.29, 0.717) is 10.0 Å². The molecule has 0 amide bonds. The minimum Gasteiger partial charge on any atom is -0.505 e. The predicted octanol–water partition coefficient (Wildman–Crippen LogP) is 3.57. The maximum Gasteiger partial charge on any atom is 0.262 e. The van der Waals surface area contributed by atoms with Crippen molar-refractivity contribution in [3.63, 3.8) is 0 Å². The lowest BCUT2D eigenvalue weighted by Crippen LogP contribution is -2.14. The van der Waals surface area contributed by atoms with E-state index in [0.717, 1.165) is 5.56 Å². The van der Waals surface area contributed by atoms with Crippen molar-refractivity contribution in [1.29, 1.82) is 0 Å². The number of benzene rings is 2. The van der Waals surface area contributed by atoms with Crippen LogP contribution in [0, 0.1) is 13.8 Å². The molecular formula is C14H14BrNO3S. The zero-order chi connectivity index (χ0) is 14.9. The van der Waals surface area contributed by atoms with Gasteiger partial charge in [-0.15, -0.1) is 0 Å². The van der Waals surface area contributed by atoms with Gasteiger partial charge in [-0.25, -0.2) is 8.42 Å². The lowest BCUT2D eigenvalue weighted by atomic mass is 10.2. The minimum atomic E-state index is -3.73. The highest BCUT2D eigenvalue weighted by molar-refractivity contribution is 9.10. The number of rotatable bonds is 3. The van der Waals surface area contributed by atoms with E-state index in [1.54, 1.807) is 37.3 Å². The van der Waals surface area contributed by atoms with Crippen LogP contribution in [0.5, 0.6) is 5.75 Å². The number of hydrogen-bond donors (Lipinski definition) is 2. The van der Waals surface area contributed by atoms with Crippen molar-refractivity contribution in [3.8, 4) is 5.75 Å². The molecule has 106 valence electrons. The van der Waals surface area contributed by atoms with Crippen molar-refractivity contribution >= 4 is 31.6 Å². The number of anilines is 1. The Balaban J connectivity index is 2.44. The number of phenols is 1. The van der Waals surface area contributed by atoms with Crippen molar-refractivity contribution in [2.45, 2.75) is 18.7 Å². The second-order valence-electron chi connectivity index (χ2n) is 4.51. The van der Waals surface area contributed by atoms with E-state index in [2.05, 4.69) is 20.7 Å². The molecule has 0 atom stereocenters. The molecule has 6 heteroatoms. The number of hydrogen-bond acceptors (Lipinski definition) is 3. The van der Waals surface area contributed by atoms with Gasteiger partial charge in [0.15, 0.2) is 5.75 Å². The van der Waals surface area contributed by atoms with Gasteiger partial charge in [-0.1, -0.05) is 23.8 Å². The molecule has 0 fully saturated rings. The van der Waals surface area contributed by atoms with Gasteiger partial charge < -0.3 is 5.11 Å². The predicted molar refractivity (Wildman–Crippen MR) is 82.5 cm³/mol. The highest BCUT2D eigenvalue weighted by Crippen LogP contribution is 2.33. The fourth-order valence-corrected chi connectivity index (χ4v) is 3.56. The minimum absolute atomic E-state index is 0.138. The quantitative estimate of drug-likeness (QED) is 0.827. The van der Waals surface area contributed by atoms with Crippen molar-refractivity contribution < 1.29 is 13.5 Å². The number of halogens is 1. The van der Waals surface area contributed by atoms with E-state index in [1.165, 1.54) is 6.07 Å². The van der Waals surface area contributed by atoms with E-state index in [1.807, 2.05) is 6.92 Å². The van der Waals surface area contributed by atoms with Gasteiger partial charge in [-0.05, 0) is 53.5 Å². The monoisotopic (exact) mass is 355 g/mol. The van der Waals surface area contributed by atoms with E-state index in [9.17, 15) is 13.5 Å². The third-order valence-corrected chi connectivity index (χ3v) is 5.02. The van der Waals surface area contributed by atoms with E-state index < -0.39 is 10.0 Å². The molecule has 0 saturated carbocycles. The van der Waals surface area contributed by atoms with E-state index in [-0.39, 0.29) is 16.3 Å². The summed E-state index contributed by atoms with van der Waals surface area (Å²) in [6.07, 6.45) is 0. The second kappa shape index (κ2) is 5.46. The normalized spacial score (nSPS) is 11.3. The fraction of sp³-hybridized carbons (Fsp3) is 0.143. The maximum absolute atomic E-state index is 12.4. The number of sulfonamides is 1. The Labute approximate surface area is 126 Å². The van der Waals surface area contributed by atoms with Crippen LogP contribution in [0.25, 0.3) is 0 Å². The first kappa shape index (κ1) is 14.9. The van der Waals surface area contributed by atoms with Crippen LogP contribution in [-0.4, -0.2) is 13.5 Å². The summed E-state index contributed by atoms with van der Waals surface area (Å²) < 4.78 is 27.5. The number of aryl methyl sites for hydroxylation is 2. The summed E-state index contributed by atoms with van der Waals surface area (Å²) in [6, 6.07) is 9.87. The average Bonchev–Trinajstić information content (AvgIpc) is 2.34.